The molecule has 2 aliphatic rings. The normalized spacial score (nSPS) is 35.5. The second-order valence-corrected chi connectivity index (χ2v) is 4.17. The van der Waals surface area contributed by atoms with Crippen LogP contribution >= 0.6 is 0 Å². The van der Waals surface area contributed by atoms with Gasteiger partial charge in [-0.05, 0) is 44.4 Å². The first-order valence-corrected chi connectivity index (χ1v) is 5.02. The molecule has 2 bridgehead atoms. The van der Waals surface area contributed by atoms with Crippen LogP contribution in [0.1, 0.15) is 46.0 Å². The van der Waals surface area contributed by atoms with Crippen LogP contribution in [0.4, 0.5) is 0 Å². The van der Waals surface area contributed by atoms with Crippen LogP contribution in [0.5, 0.6) is 0 Å². The molecule has 0 unspecified atom stereocenters. The van der Waals surface area contributed by atoms with Gasteiger partial charge in [-0.15, -0.1) is 0 Å². The standard InChI is InChI=1S/C11H18/c1-3-4-11-8(2)9-5-6-10(11)7-9/h9-10H,3-7H2,1-2H3/t9-,10+/m1/s1. The zero-order chi connectivity index (χ0) is 7.84. The fourth-order valence-corrected chi connectivity index (χ4v) is 2.95. The van der Waals surface area contributed by atoms with Crippen LogP contribution in [0.25, 0.3) is 0 Å². The molecule has 0 heterocycles. The minimum atomic E-state index is 1.00. The third-order valence-corrected chi connectivity index (χ3v) is 3.56. The molecule has 0 aromatic rings. The number of fused-ring (bicyclic) bond motifs is 2. The molecule has 1 fully saturated rings. The topological polar surface area (TPSA) is 0 Å². The highest BCUT2D eigenvalue weighted by atomic mass is 14.4. The molecule has 0 heteroatoms. The van der Waals surface area contributed by atoms with Gasteiger partial charge < -0.3 is 0 Å². The predicted octanol–water partition coefficient (Wildman–Crippen LogP) is 3.53. The van der Waals surface area contributed by atoms with Crippen molar-refractivity contribution in [3.05, 3.63) is 11.1 Å². The second kappa shape index (κ2) is 2.66. The second-order valence-electron chi connectivity index (χ2n) is 4.17. The number of hydrogen-bond donors (Lipinski definition) is 0. The Morgan fingerprint density at radius 1 is 1.27 bits per heavy atom. The molecule has 0 N–H and O–H groups in total. The van der Waals surface area contributed by atoms with Crippen molar-refractivity contribution in [3.63, 3.8) is 0 Å². The van der Waals surface area contributed by atoms with Crippen LogP contribution in [0.3, 0.4) is 0 Å². The Balaban J connectivity index is 2.17. The van der Waals surface area contributed by atoms with E-state index in [1.165, 1.54) is 32.1 Å². The van der Waals surface area contributed by atoms with Crippen molar-refractivity contribution in [3.8, 4) is 0 Å². The summed E-state index contributed by atoms with van der Waals surface area (Å²) in [5.41, 5.74) is 3.60. The fraction of sp³-hybridized carbons (Fsp3) is 0.818. The van der Waals surface area contributed by atoms with Gasteiger partial charge in [-0.2, -0.15) is 0 Å². The lowest BCUT2D eigenvalue weighted by molar-refractivity contribution is 0.614. The molecule has 0 spiro atoms. The first-order chi connectivity index (χ1) is 5.33. The smallest absolute Gasteiger partial charge is 0.0195 e. The zero-order valence-electron chi connectivity index (χ0n) is 7.69. The molecular formula is C11H18. The molecule has 0 saturated heterocycles. The van der Waals surface area contributed by atoms with Gasteiger partial charge in [0.1, 0.15) is 0 Å². The van der Waals surface area contributed by atoms with Gasteiger partial charge in [0.25, 0.3) is 0 Å². The van der Waals surface area contributed by atoms with Gasteiger partial charge in [-0.1, -0.05) is 24.5 Å². The molecule has 2 aliphatic carbocycles. The van der Waals surface area contributed by atoms with Crippen molar-refractivity contribution in [1.82, 2.24) is 0 Å². The Kier molecular flexibility index (Phi) is 1.78. The van der Waals surface area contributed by atoms with E-state index in [4.69, 9.17) is 0 Å². The highest BCUT2D eigenvalue weighted by Gasteiger charge is 2.35. The van der Waals surface area contributed by atoms with Gasteiger partial charge in [0.2, 0.25) is 0 Å². The van der Waals surface area contributed by atoms with Crippen LogP contribution in [-0.4, -0.2) is 0 Å². The lowest BCUT2D eigenvalue weighted by Crippen LogP contribution is -2.00. The van der Waals surface area contributed by atoms with Gasteiger partial charge >= 0.3 is 0 Å². The average Bonchev–Trinajstić information content (AvgIpc) is 2.54. The van der Waals surface area contributed by atoms with Crippen LogP contribution in [0, 0.1) is 11.8 Å². The molecule has 0 aromatic heterocycles. The van der Waals surface area contributed by atoms with Gasteiger partial charge in [-0.25, -0.2) is 0 Å². The molecular weight excluding hydrogens is 132 g/mol. The van der Waals surface area contributed by atoms with Gasteiger partial charge in [0.05, 0.1) is 0 Å². The Bertz CT molecular complexity index is 188. The van der Waals surface area contributed by atoms with E-state index < -0.39 is 0 Å². The van der Waals surface area contributed by atoms with Crippen LogP contribution in [0.2, 0.25) is 0 Å². The number of hydrogen-bond acceptors (Lipinski definition) is 0. The third kappa shape index (κ3) is 1.04. The van der Waals surface area contributed by atoms with E-state index in [0.717, 1.165) is 11.8 Å². The summed E-state index contributed by atoms with van der Waals surface area (Å²) in [5, 5.41) is 0. The zero-order valence-corrected chi connectivity index (χ0v) is 7.69. The Morgan fingerprint density at radius 2 is 2.00 bits per heavy atom. The lowest BCUT2D eigenvalue weighted by atomic mass is 9.90. The van der Waals surface area contributed by atoms with Crippen LogP contribution in [0.15, 0.2) is 11.1 Å². The van der Waals surface area contributed by atoms with E-state index >= 15 is 0 Å². The molecule has 0 aliphatic heterocycles. The van der Waals surface area contributed by atoms with Crippen molar-refractivity contribution in [1.29, 1.82) is 0 Å². The quantitative estimate of drug-likeness (QED) is 0.528. The third-order valence-electron chi connectivity index (χ3n) is 3.56. The maximum Gasteiger partial charge on any atom is -0.0195 e. The summed E-state index contributed by atoms with van der Waals surface area (Å²) in [6, 6.07) is 0. The van der Waals surface area contributed by atoms with E-state index in [1.807, 2.05) is 5.57 Å². The van der Waals surface area contributed by atoms with Crippen LogP contribution < -0.4 is 0 Å². The number of allylic oxidation sites excluding steroid dienone is 2. The summed E-state index contributed by atoms with van der Waals surface area (Å²) in [5.74, 6) is 2.02. The van der Waals surface area contributed by atoms with Crippen molar-refractivity contribution >= 4 is 0 Å². The maximum atomic E-state index is 2.37. The van der Waals surface area contributed by atoms with E-state index in [0.29, 0.717) is 0 Å². The molecule has 0 nitrogen and oxygen atoms in total. The van der Waals surface area contributed by atoms with Gasteiger partial charge in [0, 0.05) is 0 Å². The Hall–Kier alpha value is -0.260. The van der Waals surface area contributed by atoms with Crippen molar-refractivity contribution < 1.29 is 0 Å². The van der Waals surface area contributed by atoms with Crippen LogP contribution in [-0.2, 0) is 0 Å². The van der Waals surface area contributed by atoms with Crippen molar-refractivity contribution in [2.75, 3.05) is 0 Å². The van der Waals surface area contributed by atoms with E-state index in [-0.39, 0.29) is 0 Å². The minimum absolute atomic E-state index is 1.00. The van der Waals surface area contributed by atoms with Gasteiger partial charge in [0.15, 0.2) is 0 Å². The van der Waals surface area contributed by atoms with Crippen molar-refractivity contribution in [2.45, 2.75) is 46.0 Å². The molecule has 0 aromatic carbocycles. The van der Waals surface area contributed by atoms with Crippen molar-refractivity contribution in [2.24, 2.45) is 11.8 Å². The molecule has 11 heavy (non-hydrogen) atoms. The highest BCUT2D eigenvalue weighted by molar-refractivity contribution is 5.27. The molecule has 0 radical (unpaired) electrons. The van der Waals surface area contributed by atoms with E-state index in [9.17, 15) is 0 Å². The molecule has 1 saturated carbocycles. The van der Waals surface area contributed by atoms with E-state index in [1.54, 1.807) is 5.57 Å². The highest BCUT2D eigenvalue weighted by Crippen LogP contribution is 2.49. The minimum Gasteiger partial charge on any atom is -0.0707 e. The summed E-state index contributed by atoms with van der Waals surface area (Å²) in [6.45, 7) is 4.67. The summed E-state index contributed by atoms with van der Waals surface area (Å²) < 4.78 is 0. The van der Waals surface area contributed by atoms with Gasteiger partial charge in [-0.3, -0.25) is 0 Å². The molecule has 62 valence electrons. The molecule has 2 rings (SSSR count). The molecule has 0 amide bonds. The largest absolute Gasteiger partial charge is 0.0707 e. The first-order valence-electron chi connectivity index (χ1n) is 5.02. The summed E-state index contributed by atoms with van der Waals surface area (Å²) >= 11 is 0. The Morgan fingerprint density at radius 3 is 2.55 bits per heavy atom. The first kappa shape index (κ1) is 7.39. The van der Waals surface area contributed by atoms with E-state index in [2.05, 4.69) is 13.8 Å². The fourth-order valence-electron chi connectivity index (χ4n) is 2.95. The molecule has 2 atom stereocenters. The summed E-state index contributed by atoms with van der Waals surface area (Å²) in [7, 11) is 0. The summed E-state index contributed by atoms with van der Waals surface area (Å²) in [6.07, 6.45) is 7.21. The number of rotatable bonds is 2. The monoisotopic (exact) mass is 150 g/mol. The SMILES string of the molecule is CCCC1=C(C)[C@@H]2CC[C@H]1C2. The average molecular weight is 150 g/mol. The maximum absolute atomic E-state index is 2.37. The summed E-state index contributed by atoms with van der Waals surface area (Å²) in [4.78, 5) is 0. The lowest BCUT2D eigenvalue weighted by Gasteiger charge is -2.16. The Labute approximate surface area is 69.7 Å². The predicted molar refractivity (Wildman–Crippen MR) is 48.4 cm³/mol.